The second kappa shape index (κ2) is 6.71. The van der Waals surface area contributed by atoms with Crippen molar-refractivity contribution in [1.82, 2.24) is 19.1 Å². The standard InChI is InChI=1S/C19H16ClF3N4O2S/c1-4-30(28,29)17-11-6-5-10(20)7-13(11)26(2)16(17)18-25-12-8-15(19(21,22)23)24-9-14(12)27(18)3/h5-9H,4H2,1-3H3. The van der Waals surface area contributed by atoms with E-state index in [-0.39, 0.29) is 27.7 Å². The van der Waals surface area contributed by atoms with Crippen molar-refractivity contribution in [3.8, 4) is 11.5 Å². The first kappa shape index (κ1) is 20.7. The first-order valence-corrected chi connectivity index (χ1v) is 10.9. The van der Waals surface area contributed by atoms with Gasteiger partial charge in [-0.15, -0.1) is 0 Å². The van der Waals surface area contributed by atoms with Crippen LogP contribution in [0.25, 0.3) is 33.5 Å². The Hall–Kier alpha value is -2.59. The highest BCUT2D eigenvalue weighted by molar-refractivity contribution is 7.91. The molecule has 0 saturated heterocycles. The molecule has 0 atom stereocenters. The maximum absolute atomic E-state index is 13.1. The molecule has 0 aliphatic carbocycles. The maximum Gasteiger partial charge on any atom is 0.433 e. The summed E-state index contributed by atoms with van der Waals surface area (Å²) in [7, 11) is -0.422. The molecule has 0 unspecified atom stereocenters. The number of rotatable bonds is 3. The van der Waals surface area contributed by atoms with Crippen molar-refractivity contribution < 1.29 is 21.6 Å². The molecule has 3 aromatic heterocycles. The Labute approximate surface area is 174 Å². The smallest absolute Gasteiger partial charge is 0.340 e. The summed E-state index contributed by atoms with van der Waals surface area (Å²) in [6.07, 6.45) is -3.53. The first-order chi connectivity index (χ1) is 14.0. The van der Waals surface area contributed by atoms with Gasteiger partial charge in [-0.2, -0.15) is 13.2 Å². The zero-order valence-electron chi connectivity index (χ0n) is 16.1. The summed E-state index contributed by atoms with van der Waals surface area (Å²) in [6.45, 7) is 1.53. The lowest BCUT2D eigenvalue weighted by Gasteiger charge is -2.08. The molecule has 0 bridgehead atoms. The lowest BCUT2D eigenvalue weighted by atomic mass is 10.2. The van der Waals surface area contributed by atoms with E-state index in [1.807, 2.05) is 0 Å². The molecule has 0 fully saturated rings. The van der Waals surface area contributed by atoms with Crippen LogP contribution in [0.1, 0.15) is 12.6 Å². The van der Waals surface area contributed by atoms with Gasteiger partial charge < -0.3 is 9.13 Å². The number of nitrogens with zero attached hydrogens (tertiary/aromatic N) is 4. The summed E-state index contributed by atoms with van der Waals surface area (Å²) >= 11 is 6.10. The number of sulfone groups is 1. The molecule has 158 valence electrons. The van der Waals surface area contributed by atoms with E-state index >= 15 is 0 Å². The molecule has 4 aromatic rings. The summed E-state index contributed by atoms with van der Waals surface area (Å²) in [6, 6.07) is 5.71. The van der Waals surface area contributed by atoms with Gasteiger partial charge in [-0.05, 0) is 18.2 Å². The number of benzene rings is 1. The van der Waals surface area contributed by atoms with Crippen LogP contribution in [0.15, 0.2) is 35.4 Å². The Morgan fingerprint density at radius 1 is 1.10 bits per heavy atom. The van der Waals surface area contributed by atoms with Gasteiger partial charge in [0, 0.05) is 24.5 Å². The number of aryl methyl sites for hydroxylation is 2. The van der Waals surface area contributed by atoms with Gasteiger partial charge in [0.1, 0.15) is 16.3 Å². The van der Waals surface area contributed by atoms with Gasteiger partial charge in [0.2, 0.25) is 0 Å². The van der Waals surface area contributed by atoms with E-state index in [0.29, 0.717) is 21.4 Å². The van der Waals surface area contributed by atoms with Crippen molar-refractivity contribution >= 4 is 43.4 Å². The average Bonchev–Trinajstić information content (AvgIpc) is 3.15. The van der Waals surface area contributed by atoms with E-state index in [9.17, 15) is 21.6 Å². The molecule has 0 radical (unpaired) electrons. The van der Waals surface area contributed by atoms with Crippen LogP contribution in [0.2, 0.25) is 5.02 Å². The number of fused-ring (bicyclic) bond motifs is 2. The molecule has 30 heavy (non-hydrogen) atoms. The first-order valence-electron chi connectivity index (χ1n) is 8.86. The fourth-order valence-electron chi connectivity index (χ4n) is 3.54. The predicted molar refractivity (Wildman–Crippen MR) is 108 cm³/mol. The molecule has 11 heteroatoms. The molecule has 0 aliphatic rings. The molecular formula is C19H16ClF3N4O2S. The number of imidazole rings is 1. The molecule has 0 aliphatic heterocycles. The van der Waals surface area contributed by atoms with Crippen LogP contribution in [0.4, 0.5) is 13.2 Å². The Morgan fingerprint density at radius 2 is 1.80 bits per heavy atom. The van der Waals surface area contributed by atoms with Crippen LogP contribution in [0, 0.1) is 0 Å². The lowest BCUT2D eigenvalue weighted by molar-refractivity contribution is -0.141. The van der Waals surface area contributed by atoms with Gasteiger partial charge >= 0.3 is 6.18 Å². The Balaban J connectivity index is 2.11. The highest BCUT2D eigenvalue weighted by Gasteiger charge is 2.34. The number of halogens is 4. The van der Waals surface area contributed by atoms with Crippen molar-refractivity contribution in [2.45, 2.75) is 18.0 Å². The quantitative estimate of drug-likeness (QED) is 0.452. The van der Waals surface area contributed by atoms with Gasteiger partial charge in [0.15, 0.2) is 15.7 Å². The van der Waals surface area contributed by atoms with Crippen LogP contribution < -0.4 is 0 Å². The monoisotopic (exact) mass is 456 g/mol. The minimum absolute atomic E-state index is 0.0676. The fourth-order valence-corrected chi connectivity index (χ4v) is 5.03. The topological polar surface area (TPSA) is 69.8 Å². The van der Waals surface area contributed by atoms with Crippen LogP contribution in [0.3, 0.4) is 0 Å². The van der Waals surface area contributed by atoms with Gasteiger partial charge in [-0.3, -0.25) is 0 Å². The maximum atomic E-state index is 13.1. The van der Waals surface area contributed by atoms with E-state index in [0.717, 1.165) is 12.3 Å². The third-order valence-electron chi connectivity index (χ3n) is 5.08. The highest BCUT2D eigenvalue weighted by Crippen LogP contribution is 2.39. The molecule has 4 rings (SSSR count). The normalized spacial score (nSPS) is 12.9. The molecule has 0 spiro atoms. The van der Waals surface area contributed by atoms with Crippen LogP contribution >= 0.6 is 11.6 Å². The van der Waals surface area contributed by atoms with E-state index < -0.39 is 21.7 Å². The Kier molecular flexibility index (Phi) is 4.62. The van der Waals surface area contributed by atoms with Crippen LogP contribution in [0.5, 0.6) is 0 Å². The van der Waals surface area contributed by atoms with Gasteiger partial charge in [0.05, 0.1) is 28.5 Å². The molecule has 3 heterocycles. The summed E-state index contributed by atoms with van der Waals surface area (Å²) in [5.41, 5.74) is 0.205. The average molecular weight is 457 g/mol. The van der Waals surface area contributed by atoms with Crippen molar-refractivity contribution in [3.05, 3.63) is 41.2 Å². The number of aromatic nitrogens is 4. The van der Waals surface area contributed by atoms with Crippen molar-refractivity contribution in [1.29, 1.82) is 0 Å². The van der Waals surface area contributed by atoms with Gasteiger partial charge in [-0.1, -0.05) is 24.6 Å². The highest BCUT2D eigenvalue weighted by atomic mass is 35.5. The molecular weight excluding hydrogens is 441 g/mol. The predicted octanol–water partition coefficient (Wildman–Crippen LogP) is 4.59. The second-order valence-corrected chi connectivity index (χ2v) is 9.50. The second-order valence-electron chi connectivity index (χ2n) is 6.85. The van der Waals surface area contributed by atoms with Gasteiger partial charge in [0.25, 0.3) is 0 Å². The lowest BCUT2D eigenvalue weighted by Crippen LogP contribution is -2.08. The summed E-state index contributed by atoms with van der Waals surface area (Å²) in [5.74, 6) is 0.0684. The molecule has 0 N–H and O–H groups in total. The Morgan fingerprint density at radius 3 is 2.43 bits per heavy atom. The van der Waals surface area contributed by atoms with Crippen molar-refractivity contribution in [3.63, 3.8) is 0 Å². The molecule has 6 nitrogen and oxygen atoms in total. The third kappa shape index (κ3) is 3.05. The van der Waals surface area contributed by atoms with Crippen molar-refractivity contribution in [2.75, 3.05) is 5.75 Å². The number of pyridine rings is 1. The van der Waals surface area contributed by atoms with Crippen molar-refractivity contribution in [2.24, 2.45) is 14.1 Å². The molecule has 1 aromatic carbocycles. The number of alkyl halides is 3. The largest absolute Gasteiger partial charge is 0.433 e. The zero-order chi connectivity index (χ0) is 22.0. The van der Waals surface area contributed by atoms with Gasteiger partial charge in [-0.25, -0.2) is 18.4 Å². The van der Waals surface area contributed by atoms with Crippen LogP contribution in [-0.2, 0) is 30.1 Å². The SMILES string of the molecule is CCS(=O)(=O)c1c(-c2nc3cc(C(F)(F)F)ncc3n2C)n(C)c2cc(Cl)ccc12. The molecule has 0 amide bonds. The van der Waals surface area contributed by atoms with E-state index in [1.54, 1.807) is 36.9 Å². The summed E-state index contributed by atoms with van der Waals surface area (Å²) < 4.78 is 68.3. The third-order valence-corrected chi connectivity index (χ3v) is 7.11. The number of hydrogen-bond donors (Lipinski definition) is 0. The minimum Gasteiger partial charge on any atom is -0.340 e. The minimum atomic E-state index is -4.61. The zero-order valence-corrected chi connectivity index (χ0v) is 17.7. The summed E-state index contributed by atoms with van der Waals surface area (Å²) in [4.78, 5) is 7.90. The van der Waals surface area contributed by atoms with Crippen LogP contribution in [-0.4, -0.2) is 33.3 Å². The molecule has 0 saturated carbocycles. The van der Waals surface area contributed by atoms with E-state index in [2.05, 4.69) is 9.97 Å². The Bertz CT molecular complexity index is 1420. The van der Waals surface area contributed by atoms with E-state index in [1.165, 1.54) is 11.5 Å². The summed E-state index contributed by atoms with van der Waals surface area (Å²) in [5, 5.41) is 0.902. The van der Waals surface area contributed by atoms with E-state index in [4.69, 9.17) is 11.6 Å². The number of hydrogen-bond acceptors (Lipinski definition) is 4. The fraction of sp³-hybridized carbons (Fsp3) is 0.263.